The van der Waals surface area contributed by atoms with Crippen LogP contribution in [-0.2, 0) is 22.6 Å². The van der Waals surface area contributed by atoms with Crippen molar-refractivity contribution in [3.05, 3.63) is 65.5 Å². The number of benzene rings is 1. The van der Waals surface area contributed by atoms with Crippen molar-refractivity contribution in [2.45, 2.75) is 38.9 Å². The van der Waals surface area contributed by atoms with E-state index in [1.165, 1.54) is 12.7 Å². The van der Waals surface area contributed by atoms with Crippen molar-refractivity contribution < 1.29 is 14.3 Å². The number of rotatable bonds is 6. The Balaban J connectivity index is 1.54. The Bertz CT molecular complexity index is 784. The fourth-order valence-electron chi connectivity index (χ4n) is 3.70. The van der Waals surface area contributed by atoms with Gasteiger partial charge in [-0.05, 0) is 42.2 Å². The highest BCUT2D eigenvalue weighted by Crippen LogP contribution is 2.21. The normalized spacial score (nSPS) is 15.2. The van der Waals surface area contributed by atoms with Gasteiger partial charge in [-0.3, -0.25) is 14.7 Å². The van der Waals surface area contributed by atoms with Gasteiger partial charge in [0.2, 0.25) is 5.91 Å². The van der Waals surface area contributed by atoms with Crippen LogP contribution in [-0.4, -0.2) is 52.9 Å². The number of nitrogens with zero attached hydrogens (tertiary/aromatic N) is 3. The van der Waals surface area contributed by atoms with Crippen LogP contribution in [0, 0.1) is 0 Å². The molecule has 3 rings (SSSR count). The maximum absolute atomic E-state index is 12.2. The summed E-state index contributed by atoms with van der Waals surface area (Å²) in [5.74, 6) is -0.203. The Hall–Kier alpha value is -2.73. The molecule has 6 nitrogen and oxygen atoms in total. The van der Waals surface area contributed by atoms with E-state index < -0.39 is 0 Å². The quantitative estimate of drug-likeness (QED) is 0.720. The topological polar surface area (TPSA) is 62.7 Å². The van der Waals surface area contributed by atoms with Crippen LogP contribution in [0.4, 0.5) is 0 Å². The molecule has 0 unspecified atom stereocenters. The van der Waals surface area contributed by atoms with Crippen molar-refractivity contribution in [2.75, 3.05) is 20.2 Å². The predicted octanol–water partition coefficient (Wildman–Crippen LogP) is 2.88. The summed E-state index contributed by atoms with van der Waals surface area (Å²) in [6.45, 7) is 4.99. The van der Waals surface area contributed by atoms with Crippen LogP contribution in [0.3, 0.4) is 0 Å². The molecule has 1 aromatic heterocycles. The summed E-state index contributed by atoms with van der Waals surface area (Å²) in [5.41, 5.74) is 2.80. The van der Waals surface area contributed by atoms with Gasteiger partial charge in [-0.1, -0.05) is 18.2 Å². The maximum Gasteiger partial charge on any atom is 0.337 e. The highest BCUT2D eigenvalue weighted by atomic mass is 16.5. The van der Waals surface area contributed by atoms with Crippen LogP contribution >= 0.6 is 0 Å². The number of ether oxygens (including phenoxy) is 1. The number of likely N-dealkylation sites (tertiary alicyclic amines) is 1. The third kappa shape index (κ3) is 5.16. The van der Waals surface area contributed by atoms with E-state index in [0.29, 0.717) is 12.1 Å². The number of carbonyl (C=O) groups excluding carboxylic acids is 2. The smallest absolute Gasteiger partial charge is 0.337 e. The minimum atomic E-state index is -0.315. The minimum Gasteiger partial charge on any atom is -0.465 e. The van der Waals surface area contributed by atoms with Gasteiger partial charge in [0.1, 0.15) is 0 Å². The van der Waals surface area contributed by atoms with Gasteiger partial charge in [-0.15, -0.1) is 0 Å². The summed E-state index contributed by atoms with van der Waals surface area (Å²) >= 11 is 0. The first-order chi connectivity index (χ1) is 13.6. The molecular formula is C22H27N3O3. The molecule has 1 aliphatic rings. The summed E-state index contributed by atoms with van der Waals surface area (Å²) in [6, 6.07) is 11.7. The number of amides is 1. The Morgan fingerprint density at radius 1 is 1.14 bits per heavy atom. The van der Waals surface area contributed by atoms with E-state index in [-0.39, 0.29) is 17.9 Å². The molecule has 1 aliphatic heterocycles. The van der Waals surface area contributed by atoms with E-state index in [4.69, 9.17) is 4.74 Å². The van der Waals surface area contributed by atoms with Gasteiger partial charge >= 0.3 is 5.97 Å². The summed E-state index contributed by atoms with van der Waals surface area (Å²) in [5, 5.41) is 0. The van der Waals surface area contributed by atoms with Crippen LogP contribution in [0.1, 0.15) is 41.3 Å². The lowest BCUT2D eigenvalue weighted by Gasteiger charge is -2.38. The number of hydrogen-bond acceptors (Lipinski definition) is 5. The second-order valence-corrected chi connectivity index (χ2v) is 7.20. The molecular weight excluding hydrogens is 354 g/mol. The van der Waals surface area contributed by atoms with Crippen LogP contribution in [0.15, 0.2) is 48.8 Å². The molecule has 2 aromatic rings. The largest absolute Gasteiger partial charge is 0.465 e. The lowest BCUT2D eigenvalue weighted by molar-refractivity contribution is -0.132. The molecule has 148 valence electrons. The molecule has 0 N–H and O–H groups in total. The molecule has 1 saturated heterocycles. The van der Waals surface area contributed by atoms with Crippen molar-refractivity contribution in [1.29, 1.82) is 0 Å². The van der Waals surface area contributed by atoms with Crippen LogP contribution in [0.2, 0.25) is 0 Å². The monoisotopic (exact) mass is 381 g/mol. The Morgan fingerprint density at radius 2 is 1.86 bits per heavy atom. The maximum atomic E-state index is 12.2. The third-order valence-corrected chi connectivity index (χ3v) is 5.26. The zero-order valence-corrected chi connectivity index (χ0v) is 16.5. The molecule has 28 heavy (non-hydrogen) atoms. The summed E-state index contributed by atoms with van der Waals surface area (Å²) in [4.78, 5) is 32.2. The summed E-state index contributed by atoms with van der Waals surface area (Å²) in [6.07, 6.45) is 5.49. The summed E-state index contributed by atoms with van der Waals surface area (Å²) in [7, 11) is 1.39. The van der Waals surface area contributed by atoms with E-state index in [0.717, 1.165) is 38.0 Å². The second kappa shape index (κ2) is 9.46. The standard InChI is InChI=1S/C22H27N3O3/c1-17(26)25(16-19-4-3-11-23-14-19)21-9-12-24(13-10-21)15-18-5-7-20(8-6-18)22(27)28-2/h3-8,11,14,21H,9-10,12-13,15-16H2,1-2H3. The van der Waals surface area contributed by atoms with Crippen molar-refractivity contribution in [1.82, 2.24) is 14.8 Å². The highest BCUT2D eigenvalue weighted by Gasteiger charge is 2.26. The number of hydrogen-bond donors (Lipinski definition) is 0. The molecule has 1 aromatic carbocycles. The average Bonchev–Trinajstić information content (AvgIpc) is 2.73. The Kier molecular flexibility index (Phi) is 6.76. The van der Waals surface area contributed by atoms with E-state index in [1.54, 1.807) is 25.3 Å². The SMILES string of the molecule is COC(=O)c1ccc(CN2CCC(N(Cc3cccnc3)C(C)=O)CC2)cc1. The average molecular weight is 381 g/mol. The van der Waals surface area contributed by atoms with Gasteiger partial charge in [0, 0.05) is 51.5 Å². The fraction of sp³-hybridized carbons (Fsp3) is 0.409. The molecule has 0 atom stereocenters. The Labute approximate surface area is 166 Å². The zero-order valence-electron chi connectivity index (χ0n) is 16.5. The number of carbonyl (C=O) groups is 2. The molecule has 0 aliphatic carbocycles. The van der Waals surface area contributed by atoms with Gasteiger partial charge in [0.25, 0.3) is 0 Å². The number of esters is 1. The second-order valence-electron chi connectivity index (χ2n) is 7.20. The van der Waals surface area contributed by atoms with Gasteiger partial charge in [-0.25, -0.2) is 4.79 Å². The lowest BCUT2D eigenvalue weighted by atomic mass is 10.0. The molecule has 1 amide bonds. The molecule has 0 bridgehead atoms. The van der Waals surface area contributed by atoms with Crippen molar-refractivity contribution in [3.8, 4) is 0 Å². The van der Waals surface area contributed by atoms with E-state index in [9.17, 15) is 9.59 Å². The molecule has 0 spiro atoms. The molecule has 0 radical (unpaired) electrons. The summed E-state index contributed by atoms with van der Waals surface area (Å²) < 4.78 is 4.74. The van der Waals surface area contributed by atoms with E-state index >= 15 is 0 Å². The minimum absolute atomic E-state index is 0.112. The first-order valence-corrected chi connectivity index (χ1v) is 9.62. The van der Waals surface area contributed by atoms with Crippen LogP contribution in [0.25, 0.3) is 0 Å². The van der Waals surface area contributed by atoms with Crippen LogP contribution < -0.4 is 0 Å². The first-order valence-electron chi connectivity index (χ1n) is 9.62. The number of aromatic nitrogens is 1. The predicted molar refractivity (Wildman–Crippen MR) is 107 cm³/mol. The zero-order chi connectivity index (χ0) is 19.9. The lowest BCUT2D eigenvalue weighted by Crippen LogP contribution is -2.46. The van der Waals surface area contributed by atoms with Gasteiger partial charge in [-0.2, -0.15) is 0 Å². The van der Waals surface area contributed by atoms with Crippen molar-refractivity contribution in [3.63, 3.8) is 0 Å². The highest BCUT2D eigenvalue weighted by molar-refractivity contribution is 5.89. The molecule has 2 heterocycles. The van der Waals surface area contributed by atoms with Gasteiger partial charge < -0.3 is 9.64 Å². The Morgan fingerprint density at radius 3 is 2.43 bits per heavy atom. The molecule has 0 saturated carbocycles. The first kappa shape index (κ1) is 20.0. The number of pyridine rings is 1. The van der Waals surface area contributed by atoms with E-state index in [1.807, 2.05) is 35.4 Å². The number of methoxy groups -OCH3 is 1. The fourth-order valence-corrected chi connectivity index (χ4v) is 3.70. The number of piperidine rings is 1. The van der Waals surface area contributed by atoms with Gasteiger partial charge in [0.15, 0.2) is 0 Å². The van der Waals surface area contributed by atoms with Crippen molar-refractivity contribution >= 4 is 11.9 Å². The van der Waals surface area contributed by atoms with Crippen molar-refractivity contribution in [2.24, 2.45) is 0 Å². The van der Waals surface area contributed by atoms with E-state index in [2.05, 4.69) is 9.88 Å². The molecule has 6 heteroatoms. The molecule has 1 fully saturated rings. The van der Waals surface area contributed by atoms with Crippen LogP contribution in [0.5, 0.6) is 0 Å². The van der Waals surface area contributed by atoms with Gasteiger partial charge in [0.05, 0.1) is 12.7 Å². The third-order valence-electron chi connectivity index (χ3n) is 5.26.